The van der Waals surface area contributed by atoms with Gasteiger partial charge in [0.15, 0.2) is 0 Å². The Morgan fingerprint density at radius 2 is 1.69 bits per heavy atom. The lowest BCUT2D eigenvalue weighted by Gasteiger charge is -2.20. The minimum atomic E-state index is -4.24. The van der Waals surface area contributed by atoms with Crippen LogP contribution in [0.5, 0.6) is 5.75 Å². The summed E-state index contributed by atoms with van der Waals surface area (Å²) in [6.45, 7) is 3.88. The number of ether oxygens (including phenoxy) is 1. The second-order valence-electron chi connectivity index (χ2n) is 5.81. The number of nitrogens with zero attached hydrogens (tertiary/aromatic N) is 2. The van der Waals surface area contributed by atoms with Crippen molar-refractivity contribution in [2.24, 2.45) is 0 Å². The molecule has 10 nitrogen and oxygen atoms in total. The Hall–Kier alpha value is -2.70. The third-order valence-electron chi connectivity index (χ3n) is 4.10. The summed E-state index contributed by atoms with van der Waals surface area (Å²) in [7, 11) is -6.77. The molecule has 0 heterocycles. The summed E-state index contributed by atoms with van der Waals surface area (Å²) >= 11 is 0. The second kappa shape index (κ2) is 8.76. The molecule has 1 N–H and O–H groups in total. The van der Waals surface area contributed by atoms with Crippen LogP contribution < -0.4 is 9.46 Å². The van der Waals surface area contributed by atoms with Gasteiger partial charge < -0.3 is 4.74 Å². The van der Waals surface area contributed by atoms with E-state index >= 15 is 0 Å². The minimum Gasteiger partial charge on any atom is -0.495 e. The first kappa shape index (κ1) is 22.6. The van der Waals surface area contributed by atoms with E-state index in [-0.39, 0.29) is 34.3 Å². The van der Waals surface area contributed by atoms with Gasteiger partial charge in [-0.1, -0.05) is 19.9 Å². The van der Waals surface area contributed by atoms with Crippen LogP contribution in [-0.4, -0.2) is 46.3 Å². The molecule has 0 saturated carbocycles. The van der Waals surface area contributed by atoms with Gasteiger partial charge in [-0.3, -0.25) is 14.8 Å². The van der Waals surface area contributed by atoms with E-state index in [0.29, 0.717) is 0 Å². The normalized spacial score (nSPS) is 12.0. The van der Waals surface area contributed by atoms with Gasteiger partial charge in [0.1, 0.15) is 5.75 Å². The van der Waals surface area contributed by atoms with Gasteiger partial charge in [-0.2, -0.15) is 4.31 Å². The Morgan fingerprint density at radius 3 is 2.24 bits per heavy atom. The van der Waals surface area contributed by atoms with Gasteiger partial charge in [0, 0.05) is 25.2 Å². The van der Waals surface area contributed by atoms with Crippen molar-refractivity contribution >= 4 is 31.4 Å². The zero-order valence-electron chi connectivity index (χ0n) is 16.0. The van der Waals surface area contributed by atoms with Gasteiger partial charge in [0.25, 0.3) is 15.7 Å². The lowest BCUT2D eigenvalue weighted by atomic mass is 10.3. The molecule has 0 radical (unpaired) electrons. The van der Waals surface area contributed by atoms with Crippen molar-refractivity contribution in [2.45, 2.75) is 23.6 Å². The van der Waals surface area contributed by atoms with Crippen molar-refractivity contribution in [3.05, 3.63) is 52.6 Å². The molecule has 0 fully saturated rings. The number of hydrogen-bond donors (Lipinski definition) is 1. The monoisotopic (exact) mass is 443 g/mol. The highest BCUT2D eigenvalue weighted by Gasteiger charge is 2.25. The Kier molecular flexibility index (Phi) is 6.82. The quantitative estimate of drug-likeness (QED) is 0.464. The van der Waals surface area contributed by atoms with Crippen LogP contribution in [0.25, 0.3) is 0 Å². The van der Waals surface area contributed by atoms with E-state index in [1.165, 1.54) is 35.7 Å². The van der Waals surface area contributed by atoms with Gasteiger partial charge in [0.2, 0.25) is 10.0 Å². The van der Waals surface area contributed by atoms with Crippen LogP contribution in [0.1, 0.15) is 13.8 Å². The number of rotatable bonds is 9. The third kappa shape index (κ3) is 4.83. The number of methoxy groups -OCH3 is 1. The van der Waals surface area contributed by atoms with Gasteiger partial charge in [-0.25, -0.2) is 16.8 Å². The fourth-order valence-electron chi connectivity index (χ4n) is 2.61. The summed E-state index contributed by atoms with van der Waals surface area (Å²) in [4.78, 5) is 9.75. The molecular weight excluding hydrogens is 422 g/mol. The molecule has 0 bridgehead atoms. The number of non-ortho nitro benzene ring substituents is 1. The number of nitro groups is 1. The molecule has 0 amide bonds. The molecule has 12 heteroatoms. The van der Waals surface area contributed by atoms with E-state index in [1.807, 2.05) is 0 Å². The van der Waals surface area contributed by atoms with Crippen molar-refractivity contribution in [3.63, 3.8) is 0 Å². The average Bonchev–Trinajstić information content (AvgIpc) is 2.68. The largest absolute Gasteiger partial charge is 0.495 e. The average molecular weight is 444 g/mol. The molecule has 0 spiro atoms. The lowest BCUT2D eigenvalue weighted by Crippen LogP contribution is -2.30. The number of benzene rings is 2. The van der Waals surface area contributed by atoms with Crippen molar-refractivity contribution < 1.29 is 26.5 Å². The van der Waals surface area contributed by atoms with E-state index in [1.54, 1.807) is 13.8 Å². The number of sulfonamides is 2. The number of nitrogens with one attached hydrogen (secondary N) is 1. The van der Waals surface area contributed by atoms with E-state index in [2.05, 4.69) is 4.72 Å². The molecule has 0 unspecified atom stereocenters. The number of hydrogen-bond acceptors (Lipinski definition) is 7. The molecule has 2 rings (SSSR count). The maximum atomic E-state index is 12.7. The Morgan fingerprint density at radius 1 is 1.03 bits per heavy atom. The maximum Gasteiger partial charge on any atom is 0.270 e. The highest BCUT2D eigenvalue weighted by atomic mass is 32.2. The zero-order chi connectivity index (χ0) is 21.8. The Bertz CT molecular complexity index is 1110. The molecule has 29 heavy (non-hydrogen) atoms. The number of nitro benzene ring substituents is 1. The van der Waals surface area contributed by atoms with Gasteiger partial charge >= 0.3 is 0 Å². The molecule has 0 atom stereocenters. The molecule has 0 aliphatic rings. The van der Waals surface area contributed by atoms with E-state index in [9.17, 15) is 26.9 Å². The molecule has 2 aromatic carbocycles. The summed E-state index contributed by atoms with van der Waals surface area (Å²) in [5, 5.41) is 10.9. The van der Waals surface area contributed by atoms with E-state index < -0.39 is 30.7 Å². The predicted octanol–water partition coefficient (Wildman–Crippen LogP) is 2.43. The Balaban J connectivity index is 2.51. The summed E-state index contributed by atoms with van der Waals surface area (Å²) in [5.74, 6) is 0.0949. The first-order valence-electron chi connectivity index (χ1n) is 8.52. The zero-order valence-corrected chi connectivity index (χ0v) is 17.7. The van der Waals surface area contributed by atoms with Crippen LogP contribution in [0, 0.1) is 10.1 Å². The fraction of sp³-hybridized carbons (Fsp3) is 0.294. The second-order valence-corrected chi connectivity index (χ2v) is 9.43. The third-order valence-corrected chi connectivity index (χ3v) is 7.51. The molecule has 0 aliphatic carbocycles. The first-order valence-corrected chi connectivity index (χ1v) is 11.4. The van der Waals surface area contributed by atoms with Crippen LogP contribution in [0.2, 0.25) is 0 Å². The van der Waals surface area contributed by atoms with Crippen LogP contribution in [0.3, 0.4) is 0 Å². The highest BCUT2D eigenvalue weighted by molar-refractivity contribution is 7.92. The SMILES string of the molecule is CCN(CC)S(=O)(=O)c1ccc(OC)c(NS(=O)(=O)c2cccc([N+](=O)[O-])c2)c1. The maximum absolute atomic E-state index is 12.7. The molecule has 0 saturated heterocycles. The van der Waals surface area contributed by atoms with Gasteiger partial charge in [-0.05, 0) is 24.3 Å². The lowest BCUT2D eigenvalue weighted by molar-refractivity contribution is -0.385. The van der Waals surface area contributed by atoms with Crippen molar-refractivity contribution in [2.75, 3.05) is 24.9 Å². The van der Waals surface area contributed by atoms with Crippen LogP contribution in [0.4, 0.5) is 11.4 Å². The van der Waals surface area contributed by atoms with Gasteiger partial charge in [0.05, 0.1) is 27.5 Å². The summed E-state index contributed by atoms with van der Waals surface area (Å²) in [5.41, 5.74) is -0.495. The molecule has 0 aliphatic heterocycles. The Labute approximate surface area is 169 Å². The standard InChI is InChI=1S/C17H21N3O7S2/c1-4-19(5-2)29(25,26)15-9-10-17(27-3)16(12-15)18-28(23,24)14-8-6-7-13(11-14)20(21)22/h6-12,18H,4-5H2,1-3H3. The van der Waals surface area contributed by atoms with Crippen molar-refractivity contribution in [1.82, 2.24) is 4.31 Å². The van der Waals surface area contributed by atoms with E-state index in [4.69, 9.17) is 4.74 Å². The highest BCUT2D eigenvalue weighted by Crippen LogP contribution is 2.31. The minimum absolute atomic E-state index is 0.0949. The predicted molar refractivity (Wildman–Crippen MR) is 107 cm³/mol. The molecule has 158 valence electrons. The van der Waals surface area contributed by atoms with Crippen LogP contribution in [-0.2, 0) is 20.0 Å². The topological polar surface area (TPSA) is 136 Å². The summed E-state index contributed by atoms with van der Waals surface area (Å²) < 4.78 is 59.5. The van der Waals surface area contributed by atoms with Crippen LogP contribution in [0.15, 0.2) is 52.3 Å². The van der Waals surface area contributed by atoms with Crippen LogP contribution >= 0.6 is 0 Å². The molecular formula is C17H21N3O7S2. The summed E-state index contributed by atoms with van der Waals surface area (Å²) in [6, 6.07) is 8.31. The number of anilines is 1. The van der Waals surface area contributed by atoms with Gasteiger partial charge in [-0.15, -0.1) is 0 Å². The molecule has 2 aromatic rings. The van der Waals surface area contributed by atoms with Crippen molar-refractivity contribution in [3.8, 4) is 5.75 Å². The first-order chi connectivity index (χ1) is 13.6. The fourth-order valence-corrected chi connectivity index (χ4v) is 5.19. The van der Waals surface area contributed by atoms with E-state index in [0.717, 1.165) is 18.2 Å². The smallest absolute Gasteiger partial charge is 0.270 e. The molecule has 0 aromatic heterocycles. The summed E-state index contributed by atoms with van der Waals surface area (Å²) in [6.07, 6.45) is 0. The van der Waals surface area contributed by atoms with Crippen molar-refractivity contribution in [1.29, 1.82) is 0 Å².